The Bertz CT molecular complexity index is 1710. The van der Waals surface area contributed by atoms with Gasteiger partial charge in [0, 0.05) is 18.7 Å². The number of para-hydroxylation sites is 1. The Kier molecular flexibility index (Phi) is 9.53. The van der Waals surface area contributed by atoms with Crippen molar-refractivity contribution in [3.05, 3.63) is 125 Å². The van der Waals surface area contributed by atoms with Gasteiger partial charge in [0.05, 0.1) is 11.7 Å². The van der Waals surface area contributed by atoms with E-state index in [1.807, 2.05) is 59.5 Å². The number of hydrogen-bond donors (Lipinski definition) is 1. The number of halogens is 2. The van der Waals surface area contributed by atoms with Crippen LogP contribution >= 0.6 is 18.9 Å². The number of aromatic carboxylic acids is 1. The standard InChI is InChI=1S/C30H24F2N3O6PS/c31-40-42(38,41-32)20-23-11-9-21(10-12-23)18-35(19-22-13-15-24(16-14-22)29(36)37)30-34-33-28(43-30)25-5-4-8-27(17-25)39-26-6-2-1-3-7-26/h1-17H,18-20H2,(H,36,37). The molecule has 1 aromatic heterocycles. The van der Waals surface area contributed by atoms with Crippen molar-refractivity contribution in [3.8, 4) is 22.1 Å². The van der Waals surface area contributed by atoms with E-state index in [-0.39, 0.29) is 5.56 Å². The van der Waals surface area contributed by atoms with E-state index in [4.69, 9.17) is 4.74 Å². The fraction of sp³-hybridized carbons (Fsp3) is 0.100. The summed E-state index contributed by atoms with van der Waals surface area (Å²) >= 11 is 1.37. The van der Waals surface area contributed by atoms with Crippen LogP contribution in [0.2, 0.25) is 0 Å². The van der Waals surface area contributed by atoms with Gasteiger partial charge in [-0.2, -0.15) is 0 Å². The molecule has 4 aromatic carbocycles. The zero-order valence-corrected chi connectivity index (χ0v) is 24.1. The highest BCUT2D eigenvalue weighted by Crippen LogP contribution is 2.52. The number of hydrogen-bond acceptors (Lipinski definition) is 9. The van der Waals surface area contributed by atoms with Crippen molar-refractivity contribution in [2.45, 2.75) is 19.3 Å². The highest BCUT2D eigenvalue weighted by Gasteiger charge is 2.28. The van der Waals surface area contributed by atoms with Crippen molar-refractivity contribution in [1.29, 1.82) is 0 Å². The number of carboxylic acids is 1. The summed E-state index contributed by atoms with van der Waals surface area (Å²) in [5.74, 6) is 0.342. The average Bonchev–Trinajstić information content (AvgIpc) is 3.53. The van der Waals surface area contributed by atoms with Crippen LogP contribution in [-0.4, -0.2) is 21.3 Å². The molecule has 5 aromatic rings. The second-order valence-corrected chi connectivity index (χ2v) is 12.2. The molecular formula is C30H24F2N3O6PS. The Morgan fingerprint density at radius 2 is 1.40 bits per heavy atom. The lowest BCUT2D eigenvalue weighted by Crippen LogP contribution is -2.22. The molecule has 0 atom stereocenters. The van der Waals surface area contributed by atoms with Gasteiger partial charge in [-0.3, -0.25) is 4.57 Å². The van der Waals surface area contributed by atoms with Gasteiger partial charge < -0.3 is 14.7 Å². The zero-order valence-electron chi connectivity index (χ0n) is 22.4. The van der Waals surface area contributed by atoms with Crippen LogP contribution in [0.5, 0.6) is 11.5 Å². The van der Waals surface area contributed by atoms with E-state index in [1.165, 1.54) is 23.5 Å². The van der Waals surface area contributed by atoms with Crippen LogP contribution in [0.25, 0.3) is 10.6 Å². The number of anilines is 1. The summed E-state index contributed by atoms with van der Waals surface area (Å²) in [6.07, 6.45) is -0.577. The molecule has 0 saturated carbocycles. The third-order valence-corrected chi connectivity index (χ3v) is 8.51. The van der Waals surface area contributed by atoms with E-state index >= 15 is 0 Å². The number of benzene rings is 4. The van der Waals surface area contributed by atoms with Crippen LogP contribution in [0.15, 0.2) is 103 Å². The SMILES string of the molecule is O=C(O)c1ccc(CN(Cc2ccc(CP(=O)(OF)OF)cc2)c2nnc(-c3cccc(Oc4ccccc4)c3)s2)cc1. The Morgan fingerprint density at radius 1 is 0.791 bits per heavy atom. The molecule has 0 bridgehead atoms. The summed E-state index contributed by atoms with van der Waals surface area (Å²) in [5.41, 5.74) is 3.01. The Labute approximate surface area is 249 Å². The highest BCUT2D eigenvalue weighted by atomic mass is 32.1. The molecule has 0 aliphatic rings. The first-order chi connectivity index (χ1) is 20.8. The lowest BCUT2D eigenvalue weighted by Gasteiger charge is -2.22. The Morgan fingerprint density at radius 3 is 2.02 bits per heavy atom. The van der Waals surface area contributed by atoms with Crippen molar-refractivity contribution < 1.29 is 37.7 Å². The van der Waals surface area contributed by atoms with Crippen molar-refractivity contribution in [1.82, 2.24) is 10.2 Å². The molecule has 0 amide bonds. The summed E-state index contributed by atoms with van der Waals surface area (Å²) < 4.78 is 49.2. The maximum Gasteiger partial charge on any atom is 0.399 e. The molecule has 0 aliphatic carbocycles. The third-order valence-electron chi connectivity index (χ3n) is 6.30. The predicted molar refractivity (Wildman–Crippen MR) is 157 cm³/mol. The molecular weight excluding hydrogens is 599 g/mol. The lowest BCUT2D eigenvalue weighted by atomic mass is 10.1. The van der Waals surface area contributed by atoms with Crippen molar-refractivity contribution in [3.63, 3.8) is 0 Å². The van der Waals surface area contributed by atoms with E-state index < -0.39 is 19.7 Å². The molecule has 1 heterocycles. The fourth-order valence-electron chi connectivity index (χ4n) is 4.19. The molecule has 0 spiro atoms. The summed E-state index contributed by atoms with van der Waals surface area (Å²) in [6.45, 7) is 0.748. The number of rotatable bonds is 13. The zero-order chi connectivity index (χ0) is 30.2. The molecule has 0 radical (unpaired) electrons. The van der Waals surface area contributed by atoms with Gasteiger partial charge in [0.2, 0.25) is 5.13 Å². The smallest absolute Gasteiger partial charge is 0.399 e. The number of ether oxygens (including phenoxy) is 1. The number of carbonyl (C=O) groups is 1. The second kappa shape index (κ2) is 13.7. The van der Waals surface area contributed by atoms with Crippen molar-refractivity contribution in [2.75, 3.05) is 4.90 Å². The summed E-state index contributed by atoms with van der Waals surface area (Å²) in [6, 6.07) is 30.1. The number of nitrogens with zero attached hydrogens (tertiary/aromatic N) is 3. The summed E-state index contributed by atoms with van der Waals surface area (Å²) in [7, 11) is -4.51. The first-order valence-corrected chi connectivity index (χ1v) is 15.4. The van der Waals surface area contributed by atoms with E-state index in [2.05, 4.69) is 19.7 Å². The normalized spacial score (nSPS) is 11.3. The third kappa shape index (κ3) is 7.88. The van der Waals surface area contributed by atoms with Crippen LogP contribution in [-0.2, 0) is 33.3 Å². The topological polar surface area (TPSA) is 111 Å². The molecule has 0 aliphatic heterocycles. The van der Waals surface area contributed by atoms with Crippen LogP contribution < -0.4 is 9.64 Å². The fourth-order valence-corrected chi connectivity index (χ4v) is 5.81. The maximum atomic E-state index is 12.5. The molecule has 9 nitrogen and oxygen atoms in total. The summed E-state index contributed by atoms with van der Waals surface area (Å²) in [5, 5.41) is 19.4. The van der Waals surface area contributed by atoms with Crippen LogP contribution in [0.1, 0.15) is 27.0 Å². The molecule has 0 unspecified atom stereocenters. The summed E-state index contributed by atoms with van der Waals surface area (Å²) in [4.78, 5) is 13.3. The van der Waals surface area contributed by atoms with Gasteiger partial charge in [-0.1, -0.05) is 78.1 Å². The first kappa shape index (κ1) is 30.0. The Balaban J connectivity index is 1.39. The lowest BCUT2D eigenvalue weighted by molar-refractivity contribution is -0.0881. The molecule has 220 valence electrons. The molecule has 43 heavy (non-hydrogen) atoms. The van der Waals surface area contributed by atoms with Gasteiger partial charge in [0.1, 0.15) is 16.5 Å². The van der Waals surface area contributed by atoms with Gasteiger partial charge in [-0.15, -0.1) is 19.7 Å². The highest BCUT2D eigenvalue weighted by molar-refractivity contribution is 7.52. The van der Waals surface area contributed by atoms with Gasteiger partial charge in [-0.25, -0.2) is 4.79 Å². The largest absolute Gasteiger partial charge is 0.478 e. The number of aromatic nitrogens is 2. The van der Waals surface area contributed by atoms with E-state index in [0.29, 0.717) is 40.3 Å². The van der Waals surface area contributed by atoms with Gasteiger partial charge in [0.25, 0.3) is 0 Å². The van der Waals surface area contributed by atoms with E-state index in [0.717, 1.165) is 16.7 Å². The monoisotopic (exact) mass is 623 g/mol. The molecule has 5 rings (SSSR count). The molecule has 0 fully saturated rings. The molecule has 0 saturated heterocycles. The van der Waals surface area contributed by atoms with E-state index in [9.17, 15) is 23.5 Å². The van der Waals surface area contributed by atoms with Crippen molar-refractivity contribution in [2.24, 2.45) is 0 Å². The maximum absolute atomic E-state index is 12.5. The molecule has 13 heteroatoms. The Hall–Kier alpha value is -4.48. The number of carboxylic acid groups (broad SMARTS) is 1. The van der Waals surface area contributed by atoms with Gasteiger partial charge in [-0.05, 0) is 62.1 Å². The minimum atomic E-state index is -4.51. The van der Waals surface area contributed by atoms with Crippen LogP contribution in [0.4, 0.5) is 14.2 Å². The second-order valence-electron chi connectivity index (χ2n) is 9.41. The minimum Gasteiger partial charge on any atom is -0.478 e. The van der Waals surface area contributed by atoms with Gasteiger partial charge >= 0.3 is 13.6 Å². The minimum absolute atomic E-state index is 0.175. The van der Waals surface area contributed by atoms with Crippen molar-refractivity contribution >= 4 is 30.0 Å². The van der Waals surface area contributed by atoms with Crippen LogP contribution in [0.3, 0.4) is 0 Å². The van der Waals surface area contributed by atoms with E-state index in [1.54, 1.807) is 36.4 Å². The average molecular weight is 624 g/mol. The predicted octanol–water partition coefficient (Wildman–Crippen LogP) is 8.40. The van der Waals surface area contributed by atoms with Gasteiger partial charge in [0.15, 0.2) is 0 Å². The first-order valence-electron chi connectivity index (χ1n) is 12.9. The quantitative estimate of drug-likeness (QED) is 0.129. The van der Waals surface area contributed by atoms with Crippen LogP contribution in [0, 0.1) is 0 Å². The molecule has 1 N–H and O–H groups in total.